The average Bonchev–Trinajstić information content (AvgIpc) is 2.28. The Hall–Kier alpha value is -1.97. The van der Waals surface area contributed by atoms with Crippen molar-refractivity contribution in [3.63, 3.8) is 0 Å². The monoisotopic (exact) mass is 222 g/mol. The lowest BCUT2D eigenvalue weighted by molar-refractivity contribution is -0.137. The normalized spacial score (nSPS) is 10.6. The number of phenolic OH excluding ortho intramolecular Hbond substituents is 2. The highest BCUT2D eigenvalue weighted by molar-refractivity contribution is 5.87. The van der Waals surface area contributed by atoms with E-state index in [1.165, 1.54) is 24.3 Å². The Labute approximate surface area is 93.8 Å². The van der Waals surface area contributed by atoms with Crippen LogP contribution in [0.4, 0.5) is 0 Å². The van der Waals surface area contributed by atoms with Gasteiger partial charge in [0.05, 0.1) is 6.61 Å². The van der Waals surface area contributed by atoms with Crippen molar-refractivity contribution < 1.29 is 19.7 Å². The van der Waals surface area contributed by atoms with Crippen molar-refractivity contribution in [2.45, 2.75) is 13.3 Å². The zero-order valence-corrected chi connectivity index (χ0v) is 9.01. The number of esters is 1. The second-order valence-electron chi connectivity index (χ2n) is 3.25. The SMILES string of the molecule is CCCOC(=O)/C=C/c1ccc(O)c(O)c1. The van der Waals surface area contributed by atoms with Crippen LogP contribution in [0.25, 0.3) is 6.08 Å². The third kappa shape index (κ3) is 3.65. The summed E-state index contributed by atoms with van der Waals surface area (Å²) in [7, 11) is 0. The zero-order valence-electron chi connectivity index (χ0n) is 9.01. The second-order valence-corrected chi connectivity index (χ2v) is 3.25. The minimum absolute atomic E-state index is 0.189. The lowest BCUT2D eigenvalue weighted by Gasteiger charge is -1.99. The van der Waals surface area contributed by atoms with E-state index in [4.69, 9.17) is 9.84 Å². The van der Waals surface area contributed by atoms with Gasteiger partial charge in [-0.1, -0.05) is 13.0 Å². The molecule has 0 aliphatic carbocycles. The van der Waals surface area contributed by atoms with Gasteiger partial charge in [0.15, 0.2) is 11.5 Å². The van der Waals surface area contributed by atoms with Gasteiger partial charge in [0.25, 0.3) is 0 Å². The van der Waals surface area contributed by atoms with Gasteiger partial charge in [0, 0.05) is 6.08 Å². The number of hydrogen-bond acceptors (Lipinski definition) is 4. The van der Waals surface area contributed by atoms with Crippen LogP contribution in [0.15, 0.2) is 24.3 Å². The fourth-order valence-corrected chi connectivity index (χ4v) is 1.06. The van der Waals surface area contributed by atoms with Gasteiger partial charge in [-0.25, -0.2) is 4.79 Å². The molecule has 0 atom stereocenters. The molecule has 0 fully saturated rings. The third-order valence-corrected chi connectivity index (χ3v) is 1.86. The number of carbonyl (C=O) groups is 1. The molecule has 86 valence electrons. The summed E-state index contributed by atoms with van der Waals surface area (Å²) in [5.41, 5.74) is 0.615. The summed E-state index contributed by atoms with van der Waals surface area (Å²) in [6.07, 6.45) is 3.57. The molecule has 1 rings (SSSR count). The van der Waals surface area contributed by atoms with Crippen LogP contribution >= 0.6 is 0 Å². The van der Waals surface area contributed by atoms with Crippen molar-refractivity contribution in [1.29, 1.82) is 0 Å². The number of aromatic hydroxyl groups is 2. The molecule has 0 aliphatic heterocycles. The number of phenols is 2. The van der Waals surface area contributed by atoms with Gasteiger partial charge in [0.1, 0.15) is 0 Å². The summed E-state index contributed by atoms with van der Waals surface area (Å²) in [4.78, 5) is 11.1. The molecule has 4 nitrogen and oxygen atoms in total. The van der Waals surface area contributed by atoms with E-state index in [1.54, 1.807) is 6.07 Å². The molecule has 4 heteroatoms. The lowest BCUT2D eigenvalue weighted by atomic mass is 10.2. The van der Waals surface area contributed by atoms with Crippen molar-refractivity contribution in [3.05, 3.63) is 29.8 Å². The predicted molar refractivity (Wildman–Crippen MR) is 60.1 cm³/mol. The van der Waals surface area contributed by atoms with E-state index in [9.17, 15) is 9.90 Å². The number of hydrogen-bond donors (Lipinski definition) is 2. The Morgan fingerprint density at radius 3 is 2.75 bits per heavy atom. The van der Waals surface area contributed by atoms with Crippen LogP contribution in [-0.2, 0) is 9.53 Å². The summed E-state index contributed by atoms with van der Waals surface area (Å²) in [6, 6.07) is 4.30. The van der Waals surface area contributed by atoms with Gasteiger partial charge in [0.2, 0.25) is 0 Å². The van der Waals surface area contributed by atoms with E-state index >= 15 is 0 Å². The topological polar surface area (TPSA) is 66.8 Å². The van der Waals surface area contributed by atoms with Gasteiger partial charge in [-0.05, 0) is 30.2 Å². The van der Waals surface area contributed by atoms with Crippen LogP contribution < -0.4 is 0 Å². The van der Waals surface area contributed by atoms with Gasteiger partial charge < -0.3 is 14.9 Å². The Balaban J connectivity index is 2.62. The molecule has 0 spiro atoms. The summed E-state index contributed by atoms with van der Waals surface area (Å²) in [5, 5.41) is 18.3. The maximum absolute atomic E-state index is 11.1. The molecule has 0 amide bonds. The summed E-state index contributed by atoms with van der Waals surface area (Å²) < 4.78 is 4.83. The summed E-state index contributed by atoms with van der Waals surface area (Å²) in [5.74, 6) is -0.829. The molecule has 0 heterocycles. The number of benzene rings is 1. The third-order valence-electron chi connectivity index (χ3n) is 1.86. The Bertz CT molecular complexity index is 396. The van der Waals surface area contributed by atoms with E-state index in [1.807, 2.05) is 6.92 Å². The van der Waals surface area contributed by atoms with E-state index < -0.39 is 5.97 Å². The van der Waals surface area contributed by atoms with Crippen LogP contribution in [0.2, 0.25) is 0 Å². The molecule has 2 N–H and O–H groups in total. The van der Waals surface area contributed by atoms with Crippen LogP contribution in [0.5, 0.6) is 11.5 Å². The predicted octanol–water partition coefficient (Wildman–Crippen LogP) is 2.06. The van der Waals surface area contributed by atoms with Crippen molar-refractivity contribution in [1.82, 2.24) is 0 Å². The van der Waals surface area contributed by atoms with Crippen molar-refractivity contribution >= 4 is 12.0 Å². The first-order valence-corrected chi connectivity index (χ1v) is 5.00. The molecule has 1 aromatic carbocycles. The van der Waals surface area contributed by atoms with E-state index in [-0.39, 0.29) is 11.5 Å². The zero-order chi connectivity index (χ0) is 12.0. The minimum Gasteiger partial charge on any atom is -0.504 e. The van der Waals surface area contributed by atoms with Gasteiger partial charge >= 0.3 is 5.97 Å². The number of rotatable bonds is 4. The molecule has 0 radical (unpaired) electrons. The highest BCUT2D eigenvalue weighted by Gasteiger charge is 1.99. The molecule has 1 aromatic rings. The van der Waals surface area contributed by atoms with Crippen molar-refractivity contribution in [2.24, 2.45) is 0 Å². The first-order chi connectivity index (χ1) is 7.63. The standard InChI is InChI=1S/C12H14O4/c1-2-7-16-12(15)6-4-9-3-5-10(13)11(14)8-9/h3-6,8,13-14H,2,7H2,1H3/b6-4+. The fourth-order valence-electron chi connectivity index (χ4n) is 1.06. The molecule has 16 heavy (non-hydrogen) atoms. The molecule has 0 unspecified atom stereocenters. The summed E-state index contributed by atoms with van der Waals surface area (Å²) >= 11 is 0. The second kappa shape index (κ2) is 5.80. The van der Waals surface area contributed by atoms with E-state index in [2.05, 4.69) is 0 Å². The highest BCUT2D eigenvalue weighted by atomic mass is 16.5. The van der Waals surface area contributed by atoms with Crippen LogP contribution in [0, 0.1) is 0 Å². The molecule has 0 saturated heterocycles. The maximum Gasteiger partial charge on any atom is 0.330 e. The largest absolute Gasteiger partial charge is 0.504 e. The van der Waals surface area contributed by atoms with Gasteiger partial charge in [-0.2, -0.15) is 0 Å². The van der Waals surface area contributed by atoms with E-state index in [0.29, 0.717) is 12.2 Å². The fraction of sp³-hybridized carbons (Fsp3) is 0.250. The average molecular weight is 222 g/mol. The molecule has 0 saturated carbocycles. The Morgan fingerprint density at radius 2 is 2.12 bits per heavy atom. The Kier molecular flexibility index (Phi) is 4.39. The van der Waals surface area contributed by atoms with Crippen molar-refractivity contribution in [2.75, 3.05) is 6.61 Å². The molecule has 0 aliphatic rings. The van der Waals surface area contributed by atoms with Crippen LogP contribution in [0.1, 0.15) is 18.9 Å². The summed E-state index contributed by atoms with van der Waals surface area (Å²) in [6.45, 7) is 2.30. The minimum atomic E-state index is -0.422. The van der Waals surface area contributed by atoms with Crippen LogP contribution in [-0.4, -0.2) is 22.8 Å². The smallest absolute Gasteiger partial charge is 0.330 e. The molecule has 0 aromatic heterocycles. The molecule has 0 bridgehead atoms. The maximum atomic E-state index is 11.1. The van der Waals surface area contributed by atoms with Crippen molar-refractivity contribution in [3.8, 4) is 11.5 Å². The Morgan fingerprint density at radius 1 is 1.38 bits per heavy atom. The number of ether oxygens (including phenoxy) is 1. The number of carbonyl (C=O) groups excluding carboxylic acids is 1. The molecular formula is C12H14O4. The van der Waals surface area contributed by atoms with Gasteiger partial charge in [-0.15, -0.1) is 0 Å². The molecular weight excluding hydrogens is 208 g/mol. The first kappa shape index (κ1) is 12.1. The van der Waals surface area contributed by atoms with Crippen LogP contribution in [0.3, 0.4) is 0 Å². The highest BCUT2D eigenvalue weighted by Crippen LogP contribution is 2.25. The van der Waals surface area contributed by atoms with Gasteiger partial charge in [-0.3, -0.25) is 0 Å². The first-order valence-electron chi connectivity index (χ1n) is 5.00. The van der Waals surface area contributed by atoms with E-state index in [0.717, 1.165) is 6.42 Å². The lowest BCUT2D eigenvalue weighted by Crippen LogP contribution is -2.00. The quantitative estimate of drug-likeness (QED) is 0.465.